The largest absolute Gasteiger partial charge is 0.478 e. The molecule has 0 bridgehead atoms. The van der Waals surface area contributed by atoms with Gasteiger partial charge in [-0.15, -0.1) is 0 Å². The fourth-order valence-corrected chi connectivity index (χ4v) is 1.38. The minimum atomic E-state index is -1.59. The second-order valence-corrected chi connectivity index (χ2v) is 3.08. The zero-order chi connectivity index (χ0) is 11.7. The molecular weight excluding hydrogens is 209 g/mol. The van der Waals surface area contributed by atoms with Crippen LogP contribution in [0.5, 0.6) is 0 Å². The summed E-state index contributed by atoms with van der Waals surface area (Å²) in [6, 6.07) is 0. The van der Waals surface area contributed by atoms with Crippen molar-refractivity contribution in [1.82, 2.24) is 0 Å². The Balaban J connectivity index is 3.70. The van der Waals surface area contributed by atoms with E-state index in [0.717, 1.165) is 6.92 Å². The predicted octanol–water partition coefficient (Wildman–Crippen LogP) is 2.67. The lowest BCUT2D eigenvalue weighted by molar-refractivity contribution is 0.0689. The number of carbonyl (C=O) groups is 1. The van der Waals surface area contributed by atoms with Crippen LogP contribution in [0.2, 0.25) is 0 Å². The van der Waals surface area contributed by atoms with Crippen molar-refractivity contribution in [2.24, 2.45) is 0 Å². The molecule has 0 amide bonds. The topological polar surface area (TPSA) is 37.3 Å². The first kappa shape index (κ1) is 11.6. The SMILES string of the molecule is CCc1c(F)c(F)c(C)c(F)c1C(=O)O. The van der Waals surface area contributed by atoms with Crippen LogP contribution in [0.1, 0.15) is 28.4 Å². The van der Waals surface area contributed by atoms with Gasteiger partial charge in [-0.2, -0.15) is 0 Å². The van der Waals surface area contributed by atoms with Crippen molar-refractivity contribution in [3.05, 3.63) is 34.1 Å². The molecule has 0 saturated carbocycles. The minimum Gasteiger partial charge on any atom is -0.478 e. The Morgan fingerprint density at radius 1 is 1.20 bits per heavy atom. The highest BCUT2D eigenvalue weighted by atomic mass is 19.2. The summed E-state index contributed by atoms with van der Waals surface area (Å²) in [4.78, 5) is 10.7. The zero-order valence-corrected chi connectivity index (χ0v) is 8.20. The number of carboxylic acids is 1. The van der Waals surface area contributed by atoms with Crippen LogP contribution in [0.15, 0.2) is 0 Å². The molecule has 0 aliphatic rings. The van der Waals surface area contributed by atoms with Crippen molar-refractivity contribution in [1.29, 1.82) is 0 Å². The molecule has 82 valence electrons. The van der Waals surface area contributed by atoms with Gasteiger partial charge in [-0.1, -0.05) is 6.92 Å². The molecule has 0 spiro atoms. The summed E-state index contributed by atoms with van der Waals surface area (Å²) < 4.78 is 39.7. The van der Waals surface area contributed by atoms with Crippen molar-refractivity contribution in [2.75, 3.05) is 0 Å². The molecule has 0 aliphatic carbocycles. The molecule has 15 heavy (non-hydrogen) atoms. The van der Waals surface area contributed by atoms with Crippen molar-refractivity contribution in [3.8, 4) is 0 Å². The van der Waals surface area contributed by atoms with E-state index in [-0.39, 0.29) is 6.42 Å². The van der Waals surface area contributed by atoms with Crippen molar-refractivity contribution in [3.63, 3.8) is 0 Å². The molecular formula is C10H9F3O2. The van der Waals surface area contributed by atoms with Crippen LogP contribution in [-0.4, -0.2) is 11.1 Å². The van der Waals surface area contributed by atoms with Crippen LogP contribution >= 0.6 is 0 Å². The number of halogens is 3. The number of hydrogen-bond donors (Lipinski definition) is 1. The molecule has 0 aliphatic heterocycles. The highest BCUT2D eigenvalue weighted by molar-refractivity contribution is 5.90. The predicted molar refractivity (Wildman–Crippen MR) is 47.4 cm³/mol. The fourth-order valence-electron chi connectivity index (χ4n) is 1.38. The van der Waals surface area contributed by atoms with E-state index in [1.165, 1.54) is 6.92 Å². The highest BCUT2D eigenvalue weighted by Gasteiger charge is 2.25. The van der Waals surface area contributed by atoms with Crippen LogP contribution in [0.25, 0.3) is 0 Å². The van der Waals surface area contributed by atoms with Gasteiger partial charge in [0.25, 0.3) is 0 Å². The van der Waals surface area contributed by atoms with E-state index in [9.17, 15) is 18.0 Å². The first-order valence-electron chi connectivity index (χ1n) is 4.31. The molecule has 0 radical (unpaired) electrons. The molecule has 1 rings (SSSR count). The van der Waals surface area contributed by atoms with Gasteiger partial charge in [-0.05, 0) is 13.3 Å². The first-order chi connectivity index (χ1) is 6.91. The summed E-state index contributed by atoms with van der Waals surface area (Å²) in [6.45, 7) is 2.43. The van der Waals surface area contributed by atoms with Crippen molar-refractivity contribution in [2.45, 2.75) is 20.3 Å². The molecule has 0 heterocycles. The van der Waals surface area contributed by atoms with Gasteiger partial charge >= 0.3 is 5.97 Å². The summed E-state index contributed by atoms with van der Waals surface area (Å²) in [6.07, 6.45) is -0.0818. The number of benzene rings is 1. The standard InChI is InChI=1S/C10H9F3O2/c1-3-5-6(10(14)15)7(11)4(2)8(12)9(5)13/h3H2,1-2H3,(H,14,15). The maximum Gasteiger partial charge on any atom is 0.339 e. The summed E-state index contributed by atoms with van der Waals surface area (Å²) in [5, 5.41) is 8.69. The molecule has 5 heteroatoms. The van der Waals surface area contributed by atoms with E-state index in [1.807, 2.05) is 0 Å². The molecule has 1 aromatic rings. The lowest BCUT2D eigenvalue weighted by atomic mass is 10.00. The molecule has 0 atom stereocenters. The summed E-state index contributed by atoms with van der Waals surface area (Å²) >= 11 is 0. The molecule has 0 unspecified atom stereocenters. The maximum atomic E-state index is 13.4. The maximum absolute atomic E-state index is 13.4. The Hall–Kier alpha value is -1.52. The molecule has 0 fully saturated rings. The van der Waals surface area contributed by atoms with Gasteiger partial charge in [0.05, 0.1) is 0 Å². The van der Waals surface area contributed by atoms with E-state index >= 15 is 0 Å². The Labute approximate surface area is 84.3 Å². The third-order valence-corrected chi connectivity index (χ3v) is 2.20. The average molecular weight is 218 g/mol. The van der Waals surface area contributed by atoms with Crippen molar-refractivity contribution < 1.29 is 23.1 Å². The lowest BCUT2D eigenvalue weighted by Crippen LogP contribution is -2.12. The Morgan fingerprint density at radius 3 is 2.13 bits per heavy atom. The molecule has 0 saturated heterocycles. The normalized spacial score (nSPS) is 10.5. The third kappa shape index (κ3) is 1.69. The van der Waals surface area contributed by atoms with Gasteiger partial charge in [0.15, 0.2) is 11.6 Å². The van der Waals surface area contributed by atoms with Gasteiger partial charge in [0.2, 0.25) is 0 Å². The highest BCUT2D eigenvalue weighted by Crippen LogP contribution is 2.25. The first-order valence-corrected chi connectivity index (χ1v) is 4.31. The third-order valence-electron chi connectivity index (χ3n) is 2.20. The zero-order valence-electron chi connectivity index (χ0n) is 8.20. The molecule has 1 N–H and O–H groups in total. The van der Waals surface area contributed by atoms with Crippen LogP contribution in [0.4, 0.5) is 13.2 Å². The van der Waals surface area contributed by atoms with E-state index in [0.29, 0.717) is 0 Å². The summed E-state index contributed by atoms with van der Waals surface area (Å²) in [5.74, 6) is -5.41. The van der Waals surface area contributed by atoms with Crippen LogP contribution in [0, 0.1) is 24.4 Å². The van der Waals surface area contributed by atoms with Crippen molar-refractivity contribution >= 4 is 5.97 Å². The van der Waals surface area contributed by atoms with Crippen LogP contribution < -0.4 is 0 Å². The van der Waals surface area contributed by atoms with Gasteiger partial charge in [-0.25, -0.2) is 18.0 Å². The van der Waals surface area contributed by atoms with Crippen LogP contribution in [0.3, 0.4) is 0 Å². The number of rotatable bonds is 2. The lowest BCUT2D eigenvalue weighted by Gasteiger charge is -2.10. The van der Waals surface area contributed by atoms with Gasteiger partial charge in [0.1, 0.15) is 11.4 Å². The number of carboxylic acid groups (broad SMARTS) is 1. The molecule has 1 aromatic carbocycles. The van der Waals surface area contributed by atoms with Gasteiger partial charge < -0.3 is 5.11 Å². The van der Waals surface area contributed by atoms with E-state index < -0.39 is 40.1 Å². The second-order valence-electron chi connectivity index (χ2n) is 3.08. The quantitative estimate of drug-likeness (QED) is 0.775. The van der Waals surface area contributed by atoms with Crippen LogP contribution in [-0.2, 0) is 6.42 Å². The number of hydrogen-bond acceptors (Lipinski definition) is 1. The second kappa shape index (κ2) is 3.92. The van der Waals surface area contributed by atoms with Gasteiger partial charge in [0, 0.05) is 11.1 Å². The average Bonchev–Trinajstić information content (AvgIpc) is 2.19. The number of aromatic carboxylic acids is 1. The fraction of sp³-hybridized carbons (Fsp3) is 0.300. The Kier molecular flexibility index (Phi) is 3.02. The van der Waals surface area contributed by atoms with Gasteiger partial charge in [-0.3, -0.25) is 0 Å². The molecule has 2 nitrogen and oxygen atoms in total. The summed E-state index contributed by atoms with van der Waals surface area (Å²) in [7, 11) is 0. The Morgan fingerprint density at radius 2 is 1.73 bits per heavy atom. The smallest absolute Gasteiger partial charge is 0.339 e. The van der Waals surface area contributed by atoms with E-state index in [1.54, 1.807) is 0 Å². The van der Waals surface area contributed by atoms with E-state index in [2.05, 4.69) is 0 Å². The Bertz CT molecular complexity index is 427. The van der Waals surface area contributed by atoms with E-state index in [4.69, 9.17) is 5.11 Å². The monoisotopic (exact) mass is 218 g/mol. The summed E-state index contributed by atoms with van der Waals surface area (Å²) in [5.41, 5.74) is -1.83. The molecule has 0 aromatic heterocycles. The minimum absolute atomic E-state index is 0.0818.